The average Bonchev–Trinajstić information content (AvgIpc) is 2.88. The molecule has 108 valence electrons. The van der Waals surface area contributed by atoms with Crippen LogP contribution in [0.25, 0.3) is 11.0 Å². The molecular weight excluding hydrogens is 264 g/mol. The number of aromatic amines is 1. The number of rotatable bonds is 4. The van der Waals surface area contributed by atoms with E-state index in [9.17, 15) is 0 Å². The number of nitrogens with two attached hydrogens (primary N) is 1. The van der Waals surface area contributed by atoms with Crippen molar-refractivity contribution in [2.75, 3.05) is 5.43 Å². The fourth-order valence-electron chi connectivity index (χ4n) is 2.21. The molecule has 3 aromatic rings. The van der Waals surface area contributed by atoms with Gasteiger partial charge in [0.1, 0.15) is 17.5 Å². The summed E-state index contributed by atoms with van der Waals surface area (Å²) in [4.78, 5) is 16.8. The molecule has 6 nitrogen and oxygen atoms in total. The summed E-state index contributed by atoms with van der Waals surface area (Å²) in [6.45, 7) is 4.18. The maximum absolute atomic E-state index is 5.48. The van der Waals surface area contributed by atoms with Gasteiger partial charge in [-0.05, 0) is 18.1 Å². The summed E-state index contributed by atoms with van der Waals surface area (Å²) in [5, 5.41) is 0. The molecule has 2 aromatic heterocycles. The van der Waals surface area contributed by atoms with E-state index in [1.165, 1.54) is 0 Å². The third-order valence-corrected chi connectivity index (χ3v) is 3.30. The molecule has 0 unspecified atom stereocenters. The lowest BCUT2D eigenvalue weighted by Crippen LogP contribution is -2.12. The number of H-pyrrole nitrogens is 1. The van der Waals surface area contributed by atoms with E-state index in [0.717, 1.165) is 22.6 Å². The van der Waals surface area contributed by atoms with E-state index in [4.69, 9.17) is 5.84 Å². The third kappa shape index (κ3) is 2.85. The molecule has 2 heterocycles. The Morgan fingerprint density at radius 2 is 2.00 bits per heavy atom. The SMILES string of the molecule is CC(C)c1cc(NN)nc(Cc2nc3ccccc3[nH]2)n1. The molecule has 0 aliphatic carbocycles. The fraction of sp³-hybridized carbons (Fsp3) is 0.267. The number of fused-ring (bicyclic) bond motifs is 1. The highest BCUT2D eigenvalue weighted by atomic mass is 15.3. The topological polar surface area (TPSA) is 92.5 Å². The monoisotopic (exact) mass is 282 g/mol. The van der Waals surface area contributed by atoms with Crippen molar-refractivity contribution in [3.05, 3.63) is 47.7 Å². The Hall–Kier alpha value is -2.47. The zero-order valence-electron chi connectivity index (χ0n) is 12.1. The maximum Gasteiger partial charge on any atom is 0.143 e. The van der Waals surface area contributed by atoms with Gasteiger partial charge < -0.3 is 10.4 Å². The van der Waals surface area contributed by atoms with Crippen LogP contribution in [-0.4, -0.2) is 19.9 Å². The number of benzene rings is 1. The van der Waals surface area contributed by atoms with Gasteiger partial charge in [-0.25, -0.2) is 20.8 Å². The number of hydrazine groups is 1. The second kappa shape index (κ2) is 5.49. The number of nitrogens with one attached hydrogen (secondary N) is 2. The summed E-state index contributed by atoms with van der Waals surface area (Å²) in [6.07, 6.45) is 0.546. The predicted molar refractivity (Wildman–Crippen MR) is 82.8 cm³/mol. The van der Waals surface area contributed by atoms with E-state index in [2.05, 4.69) is 39.2 Å². The van der Waals surface area contributed by atoms with Crippen molar-refractivity contribution in [1.29, 1.82) is 0 Å². The van der Waals surface area contributed by atoms with Crippen LogP contribution in [0.1, 0.15) is 37.1 Å². The Morgan fingerprint density at radius 1 is 1.19 bits per heavy atom. The number of nitrogen functional groups attached to an aromatic ring is 1. The second-order valence-corrected chi connectivity index (χ2v) is 5.27. The van der Waals surface area contributed by atoms with Crippen LogP contribution in [0.15, 0.2) is 30.3 Å². The molecule has 6 heteroatoms. The molecule has 0 amide bonds. The Balaban J connectivity index is 1.94. The van der Waals surface area contributed by atoms with Crippen molar-refractivity contribution in [2.45, 2.75) is 26.2 Å². The van der Waals surface area contributed by atoms with E-state index in [1.54, 1.807) is 0 Å². The van der Waals surface area contributed by atoms with Gasteiger partial charge in [0.2, 0.25) is 0 Å². The fourth-order valence-corrected chi connectivity index (χ4v) is 2.21. The van der Waals surface area contributed by atoms with Crippen LogP contribution in [0.5, 0.6) is 0 Å². The van der Waals surface area contributed by atoms with Crippen molar-refractivity contribution in [3.63, 3.8) is 0 Å². The standard InChI is InChI=1S/C15H18N6/c1-9(2)12-7-15(21-16)20-14(19-12)8-13-17-10-5-3-4-6-11(10)18-13/h3-7,9H,8,16H2,1-2H3,(H,17,18)(H,19,20,21). The molecule has 0 atom stereocenters. The van der Waals surface area contributed by atoms with Crippen molar-refractivity contribution < 1.29 is 0 Å². The molecule has 0 radical (unpaired) electrons. The molecule has 3 rings (SSSR count). The van der Waals surface area contributed by atoms with Gasteiger partial charge in [0, 0.05) is 11.8 Å². The number of hydrogen-bond donors (Lipinski definition) is 3. The molecule has 0 saturated heterocycles. The molecule has 0 bridgehead atoms. The molecule has 21 heavy (non-hydrogen) atoms. The zero-order valence-corrected chi connectivity index (χ0v) is 12.1. The van der Waals surface area contributed by atoms with Gasteiger partial charge in [-0.3, -0.25) is 0 Å². The van der Waals surface area contributed by atoms with Gasteiger partial charge in [-0.2, -0.15) is 0 Å². The summed E-state index contributed by atoms with van der Waals surface area (Å²) in [7, 11) is 0. The number of imidazole rings is 1. The molecule has 0 aliphatic rings. The van der Waals surface area contributed by atoms with Crippen LogP contribution in [0, 0.1) is 0 Å². The zero-order chi connectivity index (χ0) is 14.8. The molecule has 0 spiro atoms. The Bertz CT molecular complexity index is 729. The van der Waals surface area contributed by atoms with Gasteiger partial charge in [-0.1, -0.05) is 26.0 Å². The minimum atomic E-state index is 0.314. The summed E-state index contributed by atoms with van der Waals surface area (Å²) in [5.41, 5.74) is 5.52. The normalized spacial score (nSPS) is 11.2. The average molecular weight is 282 g/mol. The van der Waals surface area contributed by atoms with Crippen LogP contribution in [0.4, 0.5) is 5.82 Å². The maximum atomic E-state index is 5.48. The molecule has 4 N–H and O–H groups in total. The van der Waals surface area contributed by atoms with E-state index in [0.29, 0.717) is 24.0 Å². The minimum Gasteiger partial charge on any atom is -0.342 e. The first kappa shape index (κ1) is 13.5. The van der Waals surface area contributed by atoms with Crippen LogP contribution in [-0.2, 0) is 6.42 Å². The lowest BCUT2D eigenvalue weighted by atomic mass is 10.1. The van der Waals surface area contributed by atoms with Crippen LogP contribution < -0.4 is 11.3 Å². The van der Waals surface area contributed by atoms with E-state index in [-0.39, 0.29) is 0 Å². The summed E-state index contributed by atoms with van der Waals surface area (Å²) >= 11 is 0. The molecular formula is C15H18N6. The van der Waals surface area contributed by atoms with Gasteiger partial charge in [0.25, 0.3) is 0 Å². The first-order valence-corrected chi connectivity index (χ1v) is 6.94. The van der Waals surface area contributed by atoms with E-state index >= 15 is 0 Å². The molecule has 0 fully saturated rings. The van der Waals surface area contributed by atoms with Gasteiger partial charge in [0.15, 0.2) is 0 Å². The Morgan fingerprint density at radius 3 is 2.71 bits per heavy atom. The quantitative estimate of drug-likeness (QED) is 0.504. The van der Waals surface area contributed by atoms with Gasteiger partial charge >= 0.3 is 0 Å². The van der Waals surface area contributed by atoms with Crippen molar-refractivity contribution >= 4 is 16.9 Å². The lowest BCUT2D eigenvalue weighted by molar-refractivity contribution is 0.786. The minimum absolute atomic E-state index is 0.314. The number of anilines is 1. The second-order valence-electron chi connectivity index (χ2n) is 5.27. The van der Waals surface area contributed by atoms with Crippen LogP contribution >= 0.6 is 0 Å². The van der Waals surface area contributed by atoms with Crippen LogP contribution in [0.3, 0.4) is 0 Å². The van der Waals surface area contributed by atoms with E-state index in [1.807, 2.05) is 30.3 Å². The summed E-state index contributed by atoms with van der Waals surface area (Å²) in [6, 6.07) is 9.81. The lowest BCUT2D eigenvalue weighted by Gasteiger charge is -2.09. The third-order valence-electron chi connectivity index (χ3n) is 3.30. The number of aromatic nitrogens is 4. The van der Waals surface area contributed by atoms with Crippen LogP contribution in [0.2, 0.25) is 0 Å². The Kier molecular flexibility index (Phi) is 3.53. The van der Waals surface area contributed by atoms with Crippen molar-refractivity contribution in [1.82, 2.24) is 19.9 Å². The molecule has 1 aromatic carbocycles. The van der Waals surface area contributed by atoms with Crippen molar-refractivity contribution in [2.24, 2.45) is 5.84 Å². The first-order chi connectivity index (χ1) is 10.2. The first-order valence-electron chi connectivity index (χ1n) is 6.94. The predicted octanol–water partition coefficient (Wildman–Crippen LogP) is 2.35. The van der Waals surface area contributed by atoms with Gasteiger partial charge in [0.05, 0.1) is 17.5 Å². The van der Waals surface area contributed by atoms with Gasteiger partial charge in [-0.15, -0.1) is 0 Å². The van der Waals surface area contributed by atoms with Crippen molar-refractivity contribution in [3.8, 4) is 0 Å². The molecule has 0 aliphatic heterocycles. The number of nitrogens with zero attached hydrogens (tertiary/aromatic N) is 3. The highest BCUT2D eigenvalue weighted by Gasteiger charge is 2.10. The highest BCUT2D eigenvalue weighted by Crippen LogP contribution is 2.17. The largest absolute Gasteiger partial charge is 0.342 e. The molecule has 0 saturated carbocycles. The van der Waals surface area contributed by atoms with E-state index < -0.39 is 0 Å². The number of hydrogen-bond acceptors (Lipinski definition) is 5. The summed E-state index contributed by atoms with van der Waals surface area (Å²) < 4.78 is 0. The summed E-state index contributed by atoms with van der Waals surface area (Å²) in [5.74, 6) is 7.97. The number of para-hydroxylation sites is 2. The Labute approximate surface area is 122 Å². The smallest absolute Gasteiger partial charge is 0.143 e. The highest BCUT2D eigenvalue weighted by molar-refractivity contribution is 5.74.